The molecule has 3 aliphatic rings. The monoisotopic (exact) mass is 658 g/mol. The number of hydrogen-bond acceptors (Lipinski definition) is 5. The van der Waals surface area contributed by atoms with E-state index in [1.54, 1.807) is 12.1 Å². The molecule has 1 saturated carbocycles. The van der Waals surface area contributed by atoms with Gasteiger partial charge in [0.25, 0.3) is 5.91 Å². The molecule has 0 radical (unpaired) electrons. The molecule has 0 spiro atoms. The maximum Gasteiger partial charge on any atom is 0.253 e. The van der Waals surface area contributed by atoms with Crippen LogP contribution >= 0.6 is 23.2 Å². The number of morpholine rings is 1. The smallest absolute Gasteiger partial charge is 0.253 e. The van der Waals surface area contributed by atoms with Crippen molar-refractivity contribution in [1.82, 2.24) is 14.7 Å². The number of hydrogen-bond donors (Lipinski definition) is 0. The van der Waals surface area contributed by atoms with Crippen LogP contribution in [0.15, 0.2) is 72.8 Å². The normalized spacial score (nSPS) is 22.8. The quantitative estimate of drug-likeness (QED) is 0.238. The van der Waals surface area contributed by atoms with Gasteiger partial charge in [-0.2, -0.15) is 5.26 Å². The van der Waals surface area contributed by atoms with Crippen LogP contribution in [0.5, 0.6) is 0 Å². The maximum atomic E-state index is 14.7. The molecule has 46 heavy (non-hydrogen) atoms. The summed E-state index contributed by atoms with van der Waals surface area (Å²) in [4.78, 5) is 35.5. The third-order valence-corrected chi connectivity index (χ3v) is 9.93. The maximum absolute atomic E-state index is 14.7. The Morgan fingerprint density at radius 1 is 0.913 bits per heavy atom. The zero-order chi connectivity index (χ0) is 32.2. The second-order valence-corrected chi connectivity index (χ2v) is 13.6. The summed E-state index contributed by atoms with van der Waals surface area (Å²) < 4.78 is 6.76. The van der Waals surface area contributed by atoms with Crippen molar-refractivity contribution in [3.8, 4) is 6.07 Å². The first kappa shape index (κ1) is 32.5. The second kappa shape index (κ2) is 14.6. The summed E-state index contributed by atoms with van der Waals surface area (Å²) in [5, 5.41) is 10.5. The first-order valence-corrected chi connectivity index (χ1v) is 17.1. The summed E-state index contributed by atoms with van der Waals surface area (Å²) in [6, 6.07) is 23.1. The Morgan fingerprint density at radius 3 is 2.09 bits per heavy atom. The molecule has 3 aromatic carbocycles. The van der Waals surface area contributed by atoms with Gasteiger partial charge in [-0.25, -0.2) is 0 Å². The van der Waals surface area contributed by atoms with Crippen molar-refractivity contribution in [2.75, 3.05) is 32.7 Å². The number of rotatable bonds is 10. The van der Waals surface area contributed by atoms with Crippen LogP contribution < -0.4 is 0 Å². The van der Waals surface area contributed by atoms with Gasteiger partial charge >= 0.3 is 0 Å². The van der Waals surface area contributed by atoms with Crippen LogP contribution in [-0.2, 0) is 20.7 Å². The number of halogens is 2. The summed E-state index contributed by atoms with van der Waals surface area (Å²) in [5.41, 5.74) is 3.14. The molecule has 0 N–H and O–H groups in total. The Kier molecular flexibility index (Phi) is 10.3. The fourth-order valence-corrected chi connectivity index (χ4v) is 7.01. The van der Waals surface area contributed by atoms with Crippen molar-refractivity contribution in [1.29, 1.82) is 5.26 Å². The van der Waals surface area contributed by atoms with Crippen LogP contribution in [0.4, 0.5) is 0 Å². The van der Waals surface area contributed by atoms with Gasteiger partial charge in [0.05, 0.1) is 17.7 Å². The van der Waals surface area contributed by atoms with Gasteiger partial charge in [-0.05, 0) is 78.3 Å². The molecule has 0 bridgehead atoms. The molecule has 2 amide bonds. The van der Waals surface area contributed by atoms with E-state index < -0.39 is 24.3 Å². The highest BCUT2D eigenvalue weighted by Crippen LogP contribution is 2.45. The van der Waals surface area contributed by atoms with E-state index in [0.717, 1.165) is 48.7 Å². The number of nitrogens with zero attached hydrogens (tertiary/aromatic N) is 4. The number of carbonyl (C=O) groups excluding carboxylic acids is 2. The molecule has 1 aliphatic carbocycles. The molecule has 0 aromatic heterocycles. The minimum atomic E-state index is -0.834. The number of nitriles is 1. The van der Waals surface area contributed by atoms with Gasteiger partial charge in [0, 0.05) is 49.2 Å². The molecule has 0 unspecified atom stereocenters. The molecule has 3 fully saturated rings. The van der Waals surface area contributed by atoms with E-state index in [0.29, 0.717) is 41.5 Å². The van der Waals surface area contributed by atoms with Crippen LogP contribution in [0.1, 0.15) is 67.0 Å². The summed E-state index contributed by atoms with van der Waals surface area (Å²) in [6.07, 6.45) is 2.80. The van der Waals surface area contributed by atoms with Gasteiger partial charge < -0.3 is 14.5 Å². The van der Waals surface area contributed by atoms with Gasteiger partial charge in [-0.15, -0.1) is 0 Å². The third-order valence-electron chi connectivity index (χ3n) is 9.42. The molecule has 7 nitrogen and oxygen atoms in total. The molecular weight excluding hydrogens is 619 g/mol. The standard InChI is InChI=1S/C37H40Cl2N4O3/c1-2-3-32(36(44)42-20-18-41(19-21-42)24-27-8-9-27)43-34(28-10-14-30(38)15-11-28)35(29-12-16-31(39)17-13-29)46-33(37(43)45)22-25-4-6-26(23-40)7-5-25/h4-7,10-17,27,32-35H,2-3,8-9,18-22,24H2,1H3/t32-,33+,34-,35+/m1/s1. The predicted molar refractivity (Wildman–Crippen MR) is 179 cm³/mol. The molecule has 2 saturated heterocycles. The van der Waals surface area contributed by atoms with Gasteiger partial charge in [0.1, 0.15) is 18.2 Å². The van der Waals surface area contributed by atoms with Crippen molar-refractivity contribution >= 4 is 35.0 Å². The van der Waals surface area contributed by atoms with E-state index in [4.69, 9.17) is 27.9 Å². The van der Waals surface area contributed by atoms with Crippen LogP contribution in [0.25, 0.3) is 0 Å². The molecular formula is C37H40Cl2N4O3. The third kappa shape index (κ3) is 7.42. The highest BCUT2D eigenvalue weighted by Gasteiger charge is 2.49. The Balaban J connectivity index is 1.38. The van der Waals surface area contributed by atoms with Gasteiger partial charge in [-0.1, -0.05) is 72.9 Å². The lowest BCUT2D eigenvalue weighted by atomic mass is 9.88. The van der Waals surface area contributed by atoms with Crippen LogP contribution in [0.3, 0.4) is 0 Å². The van der Waals surface area contributed by atoms with E-state index >= 15 is 0 Å². The zero-order valence-electron chi connectivity index (χ0n) is 26.2. The van der Waals surface area contributed by atoms with Crippen molar-refractivity contribution < 1.29 is 14.3 Å². The molecule has 240 valence electrons. The first-order chi connectivity index (χ1) is 22.3. The summed E-state index contributed by atoms with van der Waals surface area (Å²) in [5.74, 6) is 0.585. The van der Waals surface area contributed by atoms with Crippen molar-refractivity contribution in [3.05, 3.63) is 105 Å². The molecule has 4 atom stereocenters. The van der Waals surface area contributed by atoms with Crippen LogP contribution in [-0.4, -0.2) is 71.4 Å². The average Bonchev–Trinajstić information content (AvgIpc) is 3.90. The zero-order valence-corrected chi connectivity index (χ0v) is 27.7. The number of amides is 2. The predicted octanol–water partition coefficient (Wildman–Crippen LogP) is 6.84. The SMILES string of the molecule is CCC[C@H](C(=O)N1CCN(CC2CC2)CC1)N1C(=O)[C@H](Cc2ccc(C#N)cc2)O[C@@H](c2ccc(Cl)cc2)[C@H]1c1ccc(Cl)cc1. The number of piperazine rings is 1. The fraction of sp³-hybridized carbons (Fsp3) is 0.432. The van der Waals surface area contributed by atoms with E-state index in [-0.39, 0.29) is 11.8 Å². The Labute approximate surface area is 281 Å². The lowest BCUT2D eigenvalue weighted by Gasteiger charge is -2.49. The number of ether oxygens (including phenoxy) is 1. The topological polar surface area (TPSA) is 76.9 Å². The van der Waals surface area contributed by atoms with E-state index in [1.165, 1.54) is 12.8 Å². The lowest BCUT2D eigenvalue weighted by Crippen LogP contribution is -2.61. The van der Waals surface area contributed by atoms with Gasteiger partial charge in [0.15, 0.2) is 0 Å². The Morgan fingerprint density at radius 2 is 1.52 bits per heavy atom. The summed E-state index contributed by atoms with van der Waals surface area (Å²) in [7, 11) is 0. The molecule has 3 aromatic rings. The number of carbonyl (C=O) groups is 2. The summed E-state index contributed by atoms with van der Waals surface area (Å²) >= 11 is 12.6. The van der Waals surface area contributed by atoms with Gasteiger partial charge in [0.2, 0.25) is 5.91 Å². The molecule has 2 heterocycles. The highest BCUT2D eigenvalue weighted by atomic mass is 35.5. The fourth-order valence-electron chi connectivity index (χ4n) is 6.76. The molecule has 9 heteroatoms. The molecule has 2 aliphatic heterocycles. The van der Waals surface area contributed by atoms with Gasteiger partial charge in [-0.3, -0.25) is 14.5 Å². The van der Waals surface area contributed by atoms with E-state index in [1.807, 2.05) is 70.5 Å². The summed E-state index contributed by atoms with van der Waals surface area (Å²) in [6.45, 7) is 6.19. The minimum Gasteiger partial charge on any atom is -0.358 e. The van der Waals surface area contributed by atoms with Crippen molar-refractivity contribution in [3.63, 3.8) is 0 Å². The van der Waals surface area contributed by atoms with Crippen molar-refractivity contribution in [2.24, 2.45) is 5.92 Å². The van der Waals surface area contributed by atoms with E-state index in [2.05, 4.69) is 17.9 Å². The minimum absolute atomic E-state index is 0.00545. The molecule has 6 rings (SSSR count). The lowest BCUT2D eigenvalue weighted by molar-refractivity contribution is -0.183. The van der Waals surface area contributed by atoms with E-state index in [9.17, 15) is 14.9 Å². The first-order valence-electron chi connectivity index (χ1n) is 16.3. The average molecular weight is 660 g/mol. The van der Waals surface area contributed by atoms with Crippen LogP contribution in [0.2, 0.25) is 10.0 Å². The van der Waals surface area contributed by atoms with Crippen molar-refractivity contribution in [2.45, 2.75) is 63.3 Å². The largest absolute Gasteiger partial charge is 0.358 e. The van der Waals surface area contributed by atoms with Crippen LogP contribution in [0, 0.1) is 17.2 Å². The Bertz CT molecular complexity index is 1550. The second-order valence-electron chi connectivity index (χ2n) is 12.7. The Hall–Kier alpha value is -3.41. The highest BCUT2D eigenvalue weighted by molar-refractivity contribution is 6.30. The number of benzene rings is 3.